The summed E-state index contributed by atoms with van der Waals surface area (Å²) < 4.78 is 19.3. The van der Waals surface area contributed by atoms with Gasteiger partial charge in [0.25, 0.3) is 0 Å². The SMILES string of the molecule is COC(=O)c1cc(F)ccc1Cn1cc(C#N)cn1. The number of esters is 1. The molecule has 0 bridgehead atoms. The first-order valence-corrected chi connectivity index (χ1v) is 5.43. The number of carbonyl (C=O) groups excluding carboxylic acids is 1. The van der Waals surface area contributed by atoms with Crippen LogP contribution in [-0.4, -0.2) is 22.9 Å². The Morgan fingerprint density at radius 3 is 3.00 bits per heavy atom. The van der Waals surface area contributed by atoms with E-state index in [9.17, 15) is 9.18 Å². The van der Waals surface area contributed by atoms with Crippen LogP contribution in [0.25, 0.3) is 0 Å². The van der Waals surface area contributed by atoms with Crippen LogP contribution in [-0.2, 0) is 11.3 Å². The van der Waals surface area contributed by atoms with Crippen LogP contribution in [0.5, 0.6) is 0 Å². The molecule has 0 fully saturated rings. The maximum atomic E-state index is 13.2. The number of carbonyl (C=O) groups is 1. The normalized spacial score (nSPS) is 9.95. The Hall–Kier alpha value is -2.68. The van der Waals surface area contributed by atoms with Gasteiger partial charge in [-0.2, -0.15) is 10.4 Å². The van der Waals surface area contributed by atoms with Gasteiger partial charge in [-0.3, -0.25) is 4.68 Å². The second-order valence-electron chi connectivity index (χ2n) is 3.83. The summed E-state index contributed by atoms with van der Waals surface area (Å²) in [5.41, 5.74) is 1.14. The van der Waals surface area contributed by atoms with Crippen molar-refractivity contribution in [3.63, 3.8) is 0 Å². The van der Waals surface area contributed by atoms with Crippen molar-refractivity contribution >= 4 is 5.97 Å². The quantitative estimate of drug-likeness (QED) is 0.787. The number of nitrogens with zero attached hydrogens (tertiary/aromatic N) is 3. The number of aromatic nitrogens is 2. The topological polar surface area (TPSA) is 67.9 Å². The highest BCUT2D eigenvalue weighted by Crippen LogP contribution is 2.14. The van der Waals surface area contributed by atoms with Crippen molar-refractivity contribution in [1.82, 2.24) is 9.78 Å². The molecule has 0 aliphatic heterocycles. The van der Waals surface area contributed by atoms with E-state index in [1.165, 1.54) is 30.1 Å². The Bertz CT molecular complexity index is 658. The van der Waals surface area contributed by atoms with E-state index in [0.29, 0.717) is 11.1 Å². The van der Waals surface area contributed by atoms with Gasteiger partial charge in [-0.15, -0.1) is 0 Å². The third kappa shape index (κ3) is 2.77. The molecule has 1 aromatic heterocycles. The largest absolute Gasteiger partial charge is 0.465 e. The summed E-state index contributed by atoms with van der Waals surface area (Å²) in [6.45, 7) is 0.256. The van der Waals surface area contributed by atoms with Crippen LogP contribution >= 0.6 is 0 Å². The fourth-order valence-corrected chi connectivity index (χ4v) is 1.67. The average Bonchev–Trinajstić information content (AvgIpc) is 2.87. The van der Waals surface area contributed by atoms with Gasteiger partial charge in [0.15, 0.2) is 0 Å². The Balaban J connectivity index is 2.34. The van der Waals surface area contributed by atoms with E-state index in [-0.39, 0.29) is 12.1 Å². The summed E-state index contributed by atoms with van der Waals surface area (Å²) in [6.07, 6.45) is 2.96. The van der Waals surface area contributed by atoms with E-state index in [4.69, 9.17) is 5.26 Å². The number of methoxy groups -OCH3 is 1. The Labute approximate surface area is 108 Å². The summed E-state index contributed by atoms with van der Waals surface area (Å²) in [5.74, 6) is -1.12. The number of ether oxygens (including phenoxy) is 1. The first-order valence-electron chi connectivity index (χ1n) is 5.43. The molecule has 0 saturated carbocycles. The van der Waals surface area contributed by atoms with Crippen LogP contribution in [0.4, 0.5) is 4.39 Å². The Kier molecular flexibility index (Phi) is 3.57. The Morgan fingerprint density at radius 2 is 2.37 bits per heavy atom. The van der Waals surface area contributed by atoms with Crippen LogP contribution in [0.2, 0.25) is 0 Å². The van der Waals surface area contributed by atoms with Crippen molar-refractivity contribution in [2.75, 3.05) is 7.11 Å². The third-order valence-electron chi connectivity index (χ3n) is 2.57. The number of hydrogen-bond acceptors (Lipinski definition) is 4. The summed E-state index contributed by atoms with van der Waals surface area (Å²) in [6, 6.07) is 5.83. The molecule has 6 heteroatoms. The standard InChI is InChI=1S/C13H10FN3O2/c1-19-13(18)12-4-11(14)3-2-10(12)8-17-7-9(5-15)6-16-17/h2-4,6-7H,8H2,1H3. The molecule has 5 nitrogen and oxygen atoms in total. The molecule has 0 unspecified atom stereocenters. The van der Waals surface area contributed by atoms with Gasteiger partial charge in [0.1, 0.15) is 11.9 Å². The molecular weight excluding hydrogens is 249 g/mol. The molecule has 0 spiro atoms. The van der Waals surface area contributed by atoms with Crippen molar-refractivity contribution < 1.29 is 13.9 Å². The fourth-order valence-electron chi connectivity index (χ4n) is 1.67. The summed E-state index contributed by atoms with van der Waals surface area (Å²) >= 11 is 0. The molecule has 96 valence electrons. The van der Waals surface area contributed by atoms with Crippen molar-refractivity contribution in [3.8, 4) is 6.07 Å². The minimum Gasteiger partial charge on any atom is -0.465 e. The molecular formula is C13H10FN3O2. The maximum absolute atomic E-state index is 13.2. The van der Waals surface area contributed by atoms with Crippen molar-refractivity contribution in [1.29, 1.82) is 5.26 Å². The lowest BCUT2D eigenvalue weighted by Gasteiger charge is -2.08. The van der Waals surface area contributed by atoms with Crippen molar-refractivity contribution in [2.24, 2.45) is 0 Å². The zero-order valence-corrected chi connectivity index (χ0v) is 10.1. The summed E-state index contributed by atoms with van der Waals surface area (Å²) in [5, 5.41) is 12.7. The maximum Gasteiger partial charge on any atom is 0.338 e. The molecule has 0 saturated heterocycles. The molecule has 0 radical (unpaired) electrons. The second kappa shape index (κ2) is 5.31. The molecule has 0 aliphatic carbocycles. The molecule has 0 aliphatic rings. The molecule has 1 heterocycles. The van der Waals surface area contributed by atoms with E-state index < -0.39 is 11.8 Å². The van der Waals surface area contributed by atoms with Crippen LogP contribution in [0.1, 0.15) is 21.5 Å². The van der Waals surface area contributed by atoms with Crippen LogP contribution in [0, 0.1) is 17.1 Å². The van der Waals surface area contributed by atoms with Gasteiger partial charge < -0.3 is 4.74 Å². The van der Waals surface area contributed by atoms with E-state index >= 15 is 0 Å². The number of benzene rings is 1. The first kappa shape index (κ1) is 12.8. The van der Waals surface area contributed by atoms with E-state index in [1.807, 2.05) is 6.07 Å². The second-order valence-corrected chi connectivity index (χ2v) is 3.83. The molecule has 2 rings (SSSR count). The first-order chi connectivity index (χ1) is 9.13. The lowest BCUT2D eigenvalue weighted by Crippen LogP contribution is -2.10. The molecule has 0 amide bonds. The van der Waals surface area contributed by atoms with E-state index in [0.717, 1.165) is 6.07 Å². The highest BCUT2D eigenvalue weighted by Gasteiger charge is 2.13. The molecule has 1 aromatic carbocycles. The van der Waals surface area contributed by atoms with Gasteiger partial charge in [-0.05, 0) is 17.7 Å². The zero-order valence-electron chi connectivity index (χ0n) is 10.1. The number of rotatable bonds is 3. The van der Waals surface area contributed by atoms with Crippen molar-refractivity contribution in [3.05, 3.63) is 53.1 Å². The lowest BCUT2D eigenvalue weighted by atomic mass is 10.1. The Morgan fingerprint density at radius 1 is 1.58 bits per heavy atom. The smallest absolute Gasteiger partial charge is 0.338 e. The fraction of sp³-hybridized carbons (Fsp3) is 0.154. The van der Waals surface area contributed by atoms with Gasteiger partial charge in [0.2, 0.25) is 0 Å². The predicted octanol–water partition coefficient (Wildman–Crippen LogP) is 1.73. The van der Waals surface area contributed by atoms with Gasteiger partial charge in [0, 0.05) is 6.20 Å². The summed E-state index contributed by atoms with van der Waals surface area (Å²) in [4.78, 5) is 11.6. The number of nitriles is 1. The van der Waals surface area contributed by atoms with Gasteiger partial charge in [0.05, 0.1) is 31.0 Å². The van der Waals surface area contributed by atoms with E-state index in [2.05, 4.69) is 9.84 Å². The monoisotopic (exact) mass is 259 g/mol. The number of halogens is 1. The highest BCUT2D eigenvalue weighted by molar-refractivity contribution is 5.91. The van der Waals surface area contributed by atoms with Gasteiger partial charge in [-0.1, -0.05) is 6.07 Å². The lowest BCUT2D eigenvalue weighted by molar-refractivity contribution is 0.0598. The van der Waals surface area contributed by atoms with Crippen molar-refractivity contribution in [2.45, 2.75) is 6.54 Å². The van der Waals surface area contributed by atoms with Crippen LogP contribution < -0.4 is 0 Å². The molecule has 0 N–H and O–H groups in total. The molecule has 2 aromatic rings. The average molecular weight is 259 g/mol. The molecule has 19 heavy (non-hydrogen) atoms. The number of hydrogen-bond donors (Lipinski definition) is 0. The molecule has 0 atom stereocenters. The third-order valence-corrected chi connectivity index (χ3v) is 2.57. The minimum atomic E-state index is -0.609. The predicted molar refractivity (Wildman–Crippen MR) is 63.8 cm³/mol. The van der Waals surface area contributed by atoms with Gasteiger partial charge in [-0.25, -0.2) is 9.18 Å². The van der Waals surface area contributed by atoms with E-state index in [1.54, 1.807) is 6.20 Å². The summed E-state index contributed by atoms with van der Waals surface area (Å²) in [7, 11) is 1.23. The minimum absolute atomic E-state index is 0.150. The van der Waals surface area contributed by atoms with Crippen LogP contribution in [0.15, 0.2) is 30.6 Å². The van der Waals surface area contributed by atoms with Crippen LogP contribution in [0.3, 0.4) is 0 Å². The zero-order chi connectivity index (χ0) is 13.8. The highest BCUT2D eigenvalue weighted by atomic mass is 19.1. The van der Waals surface area contributed by atoms with Gasteiger partial charge >= 0.3 is 5.97 Å².